The van der Waals surface area contributed by atoms with Gasteiger partial charge < -0.3 is 0 Å². The number of anilines is 1. The Balaban J connectivity index is 1.78. The molecular formula is C18H21BrN2O4S2. The number of halogens is 1. The third-order valence-electron chi connectivity index (χ3n) is 4.49. The number of nitrogens with zero attached hydrogens (tertiary/aromatic N) is 1. The first-order valence-electron chi connectivity index (χ1n) is 8.57. The molecule has 1 unspecified atom stereocenters. The molecule has 0 bridgehead atoms. The van der Waals surface area contributed by atoms with Crippen molar-refractivity contribution >= 4 is 41.7 Å². The molecule has 9 heteroatoms. The Morgan fingerprint density at radius 1 is 0.963 bits per heavy atom. The zero-order valence-corrected chi connectivity index (χ0v) is 18.0. The van der Waals surface area contributed by atoms with Gasteiger partial charge in [0.15, 0.2) is 0 Å². The highest BCUT2D eigenvalue weighted by Gasteiger charge is 2.28. The molecule has 1 N–H and O–H groups in total. The Hall–Kier alpha value is -1.42. The van der Waals surface area contributed by atoms with Crippen LogP contribution in [0.25, 0.3) is 0 Å². The van der Waals surface area contributed by atoms with Gasteiger partial charge in [0.1, 0.15) is 0 Å². The van der Waals surface area contributed by atoms with Crippen LogP contribution in [0.1, 0.15) is 19.8 Å². The summed E-state index contributed by atoms with van der Waals surface area (Å²) < 4.78 is 55.1. The van der Waals surface area contributed by atoms with Gasteiger partial charge in [0.2, 0.25) is 10.0 Å². The van der Waals surface area contributed by atoms with Crippen LogP contribution >= 0.6 is 15.9 Å². The molecule has 2 aromatic rings. The first-order chi connectivity index (χ1) is 12.7. The molecule has 0 aromatic heterocycles. The maximum Gasteiger partial charge on any atom is 0.261 e. The van der Waals surface area contributed by atoms with Crippen molar-refractivity contribution in [3.05, 3.63) is 53.0 Å². The minimum Gasteiger partial charge on any atom is -0.280 e. The minimum atomic E-state index is -3.74. The number of hydrogen-bond acceptors (Lipinski definition) is 4. The van der Waals surface area contributed by atoms with Crippen LogP contribution in [0.2, 0.25) is 0 Å². The molecule has 0 radical (unpaired) electrons. The maximum absolute atomic E-state index is 12.8. The zero-order chi connectivity index (χ0) is 19.7. The van der Waals surface area contributed by atoms with E-state index in [1.54, 1.807) is 12.1 Å². The van der Waals surface area contributed by atoms with Gasteiger partial charge in [-0.2, -0.15) is 4.31 Å². The molecule has 0 saturated carbocycles. The van der Waals surface area contributed by atoms with Crippen molar-refractivity contribution in [2.75, 3.05) is 17.8 Å². The molecule has 1 aliphatic rings. The lowest BCUT2D eigenvalue weighted by atomic mass is 10.0. The quantitative estimate of drug-likeness (QED) is 0.719. The summed E-state index contributed by atoms with van der Waals surface area (Å²) in [5.41, 5.74) is 0.309. The largest absolute Gasteiger partial charge is 0.280 e. The third kappa shape index (κ3) is 4.71. The van der Waals surface area contributed by atoms with Gasteiger partial charge in [0, 0.05) is 23.2 Å². The van der Waals surface area contributed by atoms with E-state index in [9.17, 15) is 16.8 Å². The SMILES string of the molecule is CC1CCCN(S(=O)(=O)c2ccc(NS(=O)(=O)c3ccc(Br)cc3)cc2)C1. The number of nitrogens with one attached hydrogen (secondary N) is 1. The summed E-state index contributed by atoms with van der Waals surface area (Å²) in [6, 6.07) is 12.1. The highest BCUT2D eigenvalue weighted by Crippen LogP contribution is 2.25. The predicted octanol–water partition coefficient (Wildman–Crippen LogP) is 3.67. The summed E-state index contributed by atoms with van der Waals surface area (Å²) in [6.45, 7) is 3.08. The Labute approximate surface area is 168 Å². The monoisotopic (exact) mass is 472 g/mol. The van der Waals surface area contributed by atoms with E-state index in [-0.39, 0.29) is 9.79 Å². The van der Waals surface area contributed by atoms with Gasteiger partial charge in [-0.15, -0.1) is 0 Å². The highest BCUT2D eigenvalue weighted by atomic mass is 79.9. The van der Waals surface area contributed by atoms with E-state index in [1.807, 2.05) is 6.92 Å². The van der Waals surface area contributed by atoms with Crippen LogP contribution in [0, 0.1) is 5.92 Å². The second-order valence-electron chi connectivity index (χ2n) is 6.69. The summed E-state index contributed by atoms with van der Waals surface area (Å²) >= 11 is 3.27. The van der Waals surface area contributed by atoms with E-state index in [0.717, 1.165) is 17.3 Å². The fourth-order valence-electron chi connectivity index (χ4n) is 3.04. The maximum atomic E-state index is 12.8. The molecule has 6 nitrogen and oxygen atoms in total. The van der Waals surface area contributed by atoms with Crippen LogP contribution in [-0.2, 0) is 20.0 Å². The van der Waals surface area contributed by atoms with Gasteiger partial charge in [-0.1, -0.05) is 22.9 Å². The van der Waals surface area contributed by atoms with Crippen molar-refractivity contribution in [1.29, 1.82) is 0 Å². The van der Waals surface area contributed by atoms with E-state index in [2.05, 4.69) is 20.7 Å². The van der Waals surface area contributed by atoms with Gasteiger partial charge in [-0.25, -0.2) is 16.8 Å². The van der Waals surface area contributed by atoms with Gasteiger partial charge in [-0.3, -0.25) is 4.72 Å². The van der Waals surface area contributed by atoms with Gasteiger partial charge in [0.25, 0.3) is 10.0 Å². The fourth-order valence-corrected chi connectivity index (χ4v) is 5.96. The van der Waals surface area contributed by atoms with Crippen LogP contribution in [-0.4, -0.2) is 34.2 Å². The van der Waals surface area contributed by atoms with Crippen molar-refractivity contribution in [2.24, 2.45) is 5.92 Å². The van der Waals surface area contributed by atoms with Crippen molar-refractivity contribution in [2.45, 2.75) is 29.6 Å². The van der Waals surface area contributed by atoms with Crippen molar-refractivity contribution < 1.29 is 16.8 Å². The molecule has 1 saturated heterocycles. The number of rotatable bonds is 5. The average molecular weight is 473 g/mol. The van der Waals surface area contributed by atoms with Crippen molar-refractivity contribution in [1.82, 2.24) is 4.31 Å². The smallest absolute Gasteiger partial charge is 0.261 e. The molecule has 0 aliphatic carbocycles. The molecule has 1 heterocycles. The molecule has 0 amide bonds. The van der Waals surface area contributed by atoms with Crippen LogP contribution in [0.5, 0.6) is 0 Å². The van der Waals surface area contributed by atoms with E-state index < -0.39 is 20.0 Å². The number of hydrogen-bond donors (Lipinski definition) is 1. The van der Waals surface area contributed by atoms with E-state index in [1.165, 1.54) is 40.7 Å². The van der Waals surface area contributed by atoms with Crippen molar-refractivity contribution in [3.8, 4) is 0 Å². The van der Waals surface area contributed by atoms with E-state index in [4.69, 9.17) is 0 Å². The topological polar surface area (TPSA) is 83.6 Å². The molecule has 2 aromatic carbocycles. The van der Waals surface area contributed by atoms with Gasteiger partial charge >= 0.3 is 0 Å². The van der Waals surface area contributed by atoms with Gasteiger partial charge in [0.05, 0.1) is 9.79 Å². The standard InChI is InChI=1S/C18H21BrN2O4S2/c1-14-3-2-12-21(13-14)27(24,25)18-10-6-16(7-11-18)20-26(22,23)17-8-4-15(19)5-9-17/h4-11,14,20H,2-3,12-13H2,1H3. The third-order valence-corrected chi connectivity index (χ3v) is 8.29. The zero-order valence-electron chi connectivity index (χ0n) is 14.8. The number of sulfonamides is 2. The minimum absolute atomic E-state index is 0.129. The second-order valence-corrected chi connectivity index (χ2v) is 11.2. The van der Waals surface area contributed by atoms with E-state index in [0.29, 0.717) is 24.7 Å². The molecular weight excluding hydrogens is 452 g/mol. The van der Waals surface area contributed by atoms with Crippen LogP contribution < -0.4 is 4.72 Å². The van der Waals surface area contributed by atoms with Crippen LogP contribution in [0.4, 0.5) is 5.69 Å². The molecule has 1 aliphatic heterocycles. The summed E-state index contributed by atoms with van der Waals surface area (Å²) in [7, 11) is -7.30. The molecule has 27 heavy (non-hydrogen) atoms. The van der Waals surface area contributed by atoms with E-state index >= 15 is 0 Å². The lowest BCUT2D eigenvalue weighted by Gasteiger charge is -2.30. The summed E-state index contributed by atoms with van der Waals surface area (Å²) in [4.78, 5) is 0.299. The normalized spacial score (nSPS) is 19.0. The van der Waals surface area contributed by atoms with Crippen LogP contribution in [0.15, 0.2) is 62.8 Å². The molecule has 1 fully saturated rings. The average Bonchev–Trinajstić information content (AvgIpc) is 2.62. The van der Waals surface area contributed by atoms with Gasteiger partial charge in [-0.05, 0) is 67.3 Å². The summed E-state index contributed by atoms with van der Waals surface area (Å²) in [5, 5.41) is 0. The summed E-state index contributed by atoms with van der Waals surface area (Å²) in [6.07, 6.45) is 1.88. The number of piperidine rings is 1. The first kappa shape index (κ1) is 20.3. The first-order valence-corrected chi connectivity index (χ1v) is 12.3. The Kier molecular flexibility index (Phi) is 5.95. The van der Waals surface area contributed by atoms with Crippen molar-refractivity contribution in [3.63, 3.8) is 0 Å². The molecule has 0 spiro atoms. The lowest BCUT2D eigenvalue weighted by molar-refractivity contribution is 0.281. The second kappa shape index (κ2) is 7.90. The lowest BCUT2D eigenvalue weighted by Crippen LogP contribution is -2.39. The Morgan fingerprint density at radius 2 is 1.56 bits per heavy atom. The predicted molar refractivity (Wildman–Crippen MR) is 109 cm³/mol. The summed E-state index contributed by atoms with van der Waals surface area (Å²) in [5.74, 6) is 0.338. The Morgan fingerprint density at radius 3 is 2.15 bits per heavy atom. The molecule has 3 rings (SSSR count). The highest BCUT2D eigenvalue weighted by molar-refractivity contribution is 9.10. The fraction of sp³-hybridized carbons (Fsp3) is 0.333. The molecule has 1 atom stereocenters. The molecule has 146 valence electrons. The Bertz CT molecular complexity index is 1000. The number of benzene rings is 2. The van der Waals surface area contributed by atoms with Crippen LogP contribution in [0.3, 0.4) is 0 Å².